The molecule has 0 saturated carbocycles. The molecule has 3 rings (SSSR count). The Balaban J connectivity index is 1.72. The lowest BCUT2D eigenvalue weighted by Gasteiger charge is -2.53. The van der Waals surface area contributed by atoms with Crippen LogP contribution in [0.3, 0.4) is 0 Å². The summed E-state index contributed by atoms with van der Waals surface area (Å²) in [4.78, 5) is 47.1. The number of hydrogen-bond donors (Lipinski definition) is 3. The van der Waals surface area contributed by atoms with Crippen LogP contribution in [-0.4, -0.2) is 79.1 Å². The van der Waals surface area contributed by atoms with E-state index in [-0.39, 0.29) is 41.5 Å². The number of aromatic nitrogens is 2. The summed E-state index contributed by atoms with van der Waals surface area (Å²) in [7, 11) is 0. The minimum absolute atomic E-state index is 0.0116. The van der Waals surface area contributed by atoms with Gasteiger partial charge in [-0.05, 0) is 0 Å². The molecule has 2 saturated heterocycles. The average Bonchev–Trinajstić information content (AvgIpc) is 3.14. The summed E-state index contributed by atoms with van der Waals surface area (Å²) in [5, 5.41) is 15.5. The lowest BCUT2D eigenvalue weighted by Crippen LogP contribution is -2.74. The molecule has 0 bridgehead atoms. The third-order valence-electron chi connectivity index (χ3n) is 4.36. The number of nitrogens with two attached hydrogens (primary N) is 1. The van der Waals surface area contributed by atoms with E-state index in [0.29, 0.717) is 0 Å². The number of rotatable bonds is 8. The Morgan fingerprint density at radius 2 is 2.34 bits per heavy atom. The second-order valence-corrected chi connectivity index (χ2v) is 8.47. The topological polar surface area (TPSA) is 160 Å². The highest BCUT2D eigenvalue weighted by atomic mass is 35.5. The van der Waals surface area contributed by atoms with Crippen LogP contribution in [-0.2, 0) is 19.2 Å². The van der Waals surface area contributed by atoms with Gasteiger partial charge in [0.05, 0.1) is 0 Å². The van der Waals surface area contributed by atoms with Crippen LogP contribution in [0.2, 0.25) is 0 Å². The number of aliphatic carboxylic acids is 1. The van der Waals surface area contributed by atoms with Crippen molar-refractivity contribution in [1.82, 2.24) is 19.6 Å². The number of anilines is 1. The number of oxime groups is 1. The van der Waals surface area contributed by atoms with E-state index in [1.807, 2.05) is 0 Å². The first kappa shape index (κ1) is 21.3. The molecule has 3 atom stereocenters. The Bertz CT molecular complexity index is 879. The van der Waals surface area contributed by atoms with Crippen molar-refractivity contribution in [3.63, 3.8) is 0 Å². The van der Waals surface area contributed by atoms with E-state index in [9.17, 15) is 19.5 Å². The van der Waals surface area contributed by atoms with Gasteiger partial charge in [0, 0.05) is 29.7 Å². The Morgan fingerprint density at radius 1 is 1.59 bits per heavy atom. The molecule has 2 amide bonds. The molecule has 14 heteroatoms. The first-order valence-electron chi connectivity index (χ1n) is 8.25. The molecule has 2 unspecified atom stereocenters. The van der Waals surface area contributed by atoms with E-state index >= 15 is 0 Å². The number of nitrogens with one attached hydrogen (secondary N) is 1. The van der Waals surface area contributed by atoms with Crippen molar-refractivity contribution >= 4 is 63.5 Å². The Morgan fingerprint density at radius 3 is 2.93 bits per heavy atom. The van der Waals surface area contributed by atoms with Gasteiger partial charge in [-0.15, -0.1) is 23.4 Å². The average molecular weight is 461 g/mol. The maximum atomic E-state index is 12.7. The van der Waals surface area contributed by atoms with Gasteiger partial charge >= 0.3 is 5.97 Å². The summed E-state index contributed by atoms with van der Waals surface area (Å²) in [6.07, 6.45) is 1.44. The first-order valence-corrected chi connectivity index (χ1v) is 10.6. The molecule has 2 fully saturated rings. The van der Waals surface area contributed by atoms with E-state index in [1.54, 1.807) is 0 Å². The summed E-state index contributed by atoms with van der Waals surface area (Å²) in [6, 6.07) is -0.838. The van der Waals surface area contributed by atoms with Crippen LogP contribution in [0.4, 0.5) is 5.13 Å². The number of nitrogen functional groups attached to an aromatic ring is 1. The number of β-lactam (4-membered cyclic amide) rings is 1. The van der Waals surface area contributed by atoms with Gasteiger partial charge < -0.3 is 25.9 Å². The highest BCUT2D eigenvalue weighted by Crippen LogP contribution is 2.42. The number of amides is 2. The predicted molar refractivity (Wildman–Crippen MR) is 108 cm³/mol. The van der Waals surface area contributed by atoms with Gasteiger partial charge in [0.2, 0.25) is 17.4 Å². The minimum Gasteiger partial charge on any atom is -0.481 e. The van der Waals surface area contributed by atoms with Gasteiger partial charge in [-0.2, -0.15) is 9.36 Å². The van der Waals surface area contributed by atoms with E-state index in [1.165, 1.54) is 22.7 Å². The Labute approximate surface area is 178 Å². The number of carbonyl (C=O) groups excluding carboxylic acids is 2. The molecule has 2 aliphatic heterocycles. The molecule has 11 nitrogen and oxygen atoms in total. The molecule has 0 spiro atoms. The van der Waals surface area contributed by atoms with Gasteiger partial charge in [-0.1, -0.05) is 17.8 Å². The number of carboxylic acid groups (broad SMARTS) is 1. The summed E-state index contributed by atoms with van der Waals surface area (Å²) >= 11 is 7.98. The van der Waals surface area contributed by atoms with Gasteiger partial charge in [-0.3, -0.25) is 14.4 Å². The normalized spacial score (nSPS) is 26.3. The number of thioether (sulfide) groups is 1. The number of fused-ring (bicyclic) bond motifs is 1. The van der Waals surface area contributed by atoms with Crippen molar-refractivity contribution in [2.45, 2.75) is 11.4 Å². The largest absolute Gasteiger partial charge is 0.481 e. The number of hydrogen-bond acceptors (Lipinski definition) is 10. The van der Waals surface area contributed by atoms with E-state index in [4.69, 9.17) is 22.2 Å². The van der Waals surface area contributed by atoms with Crippen LogP contribution in [0, 0.1) is 5.41 Å². The maximum absolute atomic E-state index is 12.7. The van der Waals surface area contributed by atoms with E-state index in [2.05, 4.69) is 26.4 Å². The third-order valence-corrected chi connectivity index (χ3v) is 7.00. The molecule has 0 aliphatic carbocycles. The van der Waals surface area contributed by atoms with Gasteiger partial charge in [0.25, 0.3) is 5.91 Å². The molecule has 1 aromatic rings. The van der Waals surface area contributed by atoms with Crippen LogP contribution >= 0.6 is 34.9 Å². The van der Waals surface area contributed by atoms with E-state index in [0.717, 1.165) is 11.5 Å². The molecule has 4 N–H and O–H groups in total. The standard InChI is InChI=1S/C15H17ClN6O5S2/c1-2-3-27-20-7(9-19-14(17)29-21-9)10(23)18-8-11(24)22-5-15(4-16,13(25)26)6-28-12(8)22/h2,8,12H,1,3-6H2,(H,18,23)(H,25,26)(H2,17,19,21)/t8?,12-,15?/m1/s1. The number of halogens is 1. The number of nitrogens with zero attached hydrogens (tertiary/aromatic N) is 4. The number of carboxylic acids is 1. The fourth-order valence-corrected chi connectivity index (χ4v) is 5.16. The predicted octanol–water partition coefficient (Wildman–Crippen LogP) is -0.263. The number of alkyl halides is 1. The van der Waals surface area contributed by atoms with Crippen LogP contribution in [0.25, 0.3) is 0 Å². The zero-order valence-corrected chi connectivity index (χ0v) is 17.3. The van der Waals surface area contributed by atoms with Crippen LogP contribution < -0.4 is 11.1 Å². The zero-order valence-electron chi connectivity index (χ0n) is 14.9. The summed E-state index contributed by atoms with van der Waals surface area (Å²) in [5.74, 6) is -2.08. The van der Waals surface area contributed by atoms with Gasteiger partial charge in [-0.25, -0.2) is 0 Å². The molecular weight excluding hydrogens is 444 g/mol. The van der Waals surface area contributed by atoms with Crippen molar-refractivity contribution in [2.24, 2.45) is 10.6 Å². The molecule has 156 valence electrons. The molecule has 2 aliphatic rings. The van der Waals surface area contributed by atoms with Crippen LogP contribution in [0.5, 0.6) is 0 Å². The molecule has 29 heavy (non-hydrogen) atoms. The zero-order chi connectivity index (χ0) is 21.2. The van der Waals surface area contributed by atoms with Crippen molar-refractivity contribution < 1.29 is 24.3 Å². The quantitative estimate of drug-likeness (QED) is 0.118. The van der Waals surface area contributed by atoms with E-state index < -0.39 is 34.6 Å². The molecule has 0 radical (unpaired) electrons. The van der Waals surface area contributed by atoms with Crippen molar-refractivity contribution in [2.75, 3.05) is 30.5 Å². The van der Waals surface area contributed by atoms with Gasteiger partial charge in [0.15, 0.2) is 5.13 Å². The van der Waals surface area contributed by atoms with Crippen LogP contribution in [0.15, 0.2) is 17.8 Å². The fraction of sp³-hybridized carbons (Fsp3) is 0.467. The highest BCUT2D eigenvalue weighted by Gasteiger charge is 2.57. The Kier molecular flexibility index (Phi) is 6.29. The minimum atomic E-state index is -1.21. The third kappa shape index (κ3) is 4.02. The summed E-state index contributed by atoms with van der Waals surface area (Å²) < 4.78 is 3.94. The second kappa shape index (κ2) is 8.55. The monoisotopic (exact) mass is 460 g/mol. The lowest BCUT2D eigenvalue weighted by molar-refractivity contribution is -0.157. The molecule has 1 aromatic heterocycles. The summed E-state index contributed by atoms with van der Waals surface area (Å²) in [5.41, 5.74) is 4.12. The SMILES string of the molecule is C=CCON=C(C(=O)NC1C(=O)N2CC(CCl)(C(=O)O)CS[C@H]12)c1nsc(N)n1. The molecular formula is C15H17ClN6O5S2. The van der Waals surface area contributed by atoms with Crippen molar-refractivity contribution in [3.8, 4) is 0 Å². The highest BCUT2D eigenvalue weighted by molar-refractivity contribution is 8.00. The van der Waals surface area contributed by atoms with Crippen LogP contribution in [0.1, 0.15) is 5.82 Å². The maximum Gasteiger partial charge on any atom is 0.313 e. The fourth-order valence-electron chi connectivity index (χ4n) is 2.77. The smallest absolute Gasteiger partial charge is 0.313 e. The number of carbonyl (C=O) groups is 3. The van der Waals surface area contributed by atoms with Crippen molar-refractivity contribution in [1.29, 1.82) is 0 Å². The molecule has 3 heterocycles. The summed E-state index contributed by atoms with van der Waals surface area (Å²) in [6.45, 7) is 3.53. The first-order chi connectivity index (χ1) is 13.8. The van der Waals surface area contributed by atoms with Crippen molar-refractivity contribution in [3.05, 3.63) is 18.5 Å². The second-order valence-electron chi connectivity index (χ2n) is 6.32. The Hall–Kier alpha value is -2.38. The van der Waals surface area contributed by atoms with Gasteiger partial charge in [0.1, 0.15) is 23.4 Å². The molecule has 0 aromatic carbocycles. The lowest BCUT2D eigenvalue weighted by atomic mass is 9.89.